The summed E-state index contributed by atoms with van der Waals surface area (Å²) in [6, 6.07) is 4.62. The summed E-state index contributed by atoms with van der Waals surface area (Å²) in [7, 11) is 1.91. The van der Waals surface area contributed by atoms with E-state index in [1.807, 2.05) is 18.1 Å². The van der Waals surface area contributed by atoms with Crippen LogP contribution in [0.1, 0.15) is 24.8 Å². The van der Waals surface area contributed by atoms with Crippen LogP contribution < -0.4 is 10.7 Å². The summed E-state index contributed by atoms with van der Waals surface area (Å²) in [5, 5.41) is 5.62. The van der Waals surface area contributed by atoms with Gasteiger partial charge in [0.2, 0.25) is 5.88 Å². The highest BCUT2D eigenvalue weighted by Gasteiger charge is 2.27. The Morgan fingerprint density at radius 2 is 2.32 bits per heavy atom. The molecule has 25 heavy (non-hydrogen) atoms. The first-order valence-electron chi connectivity index (χ1n) is 8.74. The average molecular weight is 370 g/mol. The highest BCUT2D eigenvalue weighted by molar-refractivity contribution is 6.30. The van der Waals surface area contributed by atoms with Crippen LogP contribution in [0.15, 0.2) is 30.2 Å². The first-order valence-corrected chi connectivity index (χ1v) is 9.12. The van der Waals surface area contributed by atoms with Crippen molar-refractivity contribution in [3.05, 3.63) is 46.6 Å². The van der Waals surface area contributed by atoms with Gasteiger partial charge in [0.15, 0.2) is 0 Å². The van der Waals surface area contributed by atoms with Crippen LogP contribution in [0.3, 0.4) is 0 Å². The van der Waals surface area contributed by atoms with Crippen molar-refractivity contribution >= 4 is 11.6 Å². The smallest absolute Gasteiger partial charge is 0.201 e. The van der Waals surface area contributed by atoms with Crippen LogP contribution in [0.5, 0.6) is 0 Å². The Labute approximate surface area is 153 Å². The molecule has 0 radical (unpaired) electrons. The van der Waals surface area contributed by atoms with Crippen LogP contribution >= 0.6 is 11.6 Å². The van der Waals surface area contributed by atoms with Gasteiger partial charge in [-0.05, 0) is 50.6 Å². The highest BCUT2D eigenvalue weighted by Crippen LogP contribution is 2.22. The fourth-order valence-electron chi connectivity index (χ4n) is 3.12. The van der Waals surface area contributed by atoms with Crippen molar-refractivity contribution in [2.24, 2.45) is 0 Å². The van der Waals surface area contributed by atoms with Crippen LogP contribution in [0.4, 0.5) is 4.39 Å². The molecule has 2 aliphatic heterocycles. The van der Waals surface area contributed by atoms with E-state index >= 15 is 0 Å². The lowest BCUT2D eigenvalue weighted by molar-refractivity contribution is -0.0232. The van der Waals surface area contributed by atoms with Crippen molar-refractivity contribution in [3.63, 3.8) is 0 Å². The summed E-state index contributed by atoms with van der Waals surface area (Å²) in [4.78, 5) is 0. The van der Waals surface area contributed by atoms with Gasteiger partial charge in [-0.15, -0.1) is 0 Å². The molecular weight excluding hydrogens is 345 g/mol. The lowest BCUT2D eigenvalue weighted by Crippen LogP contribution is -2.45. The molecule has 1 aromatic carbocycles. The van der Waals surface area contributed by atoms with Crippen molar-refractivity contribution < 1.29 is 13.9 Å². The van der Waals surface area contributed by atoms with E-state index in [-0.39, 0.29) is 24.6 Å². The lowest BCUT2D eigenvalue weighted by atomic mass is 10.1. The highest BCUT2D eigenvalue weighted by atomic mass is 35.5. The molecule has 1 fully saturated rings. The topological polar surface area (TPSA) is 45.8 Å². The summed E-state index contributed by atoms with van der Waals surface area (Å²) in [6.07, 6.45) is 5.56. The summed E-state index contributed by atoms with van der Waals surface area (Å²) in [5.74, 6) is 0.388. The standard InChI is InChI=1S/C18H25ClFN3O2/c1-21-10-15-9-18(23(22-15)11-16-4-2-3-7-24-16)25-12-13-8-14(19)5-6-17(13)20/h5-6,8-9,15-16,21-22H,2-4,7,10-12H2,1H3. The van der Waals surface area contributed by atoms with Gasteiger partial charge >= 0.3 is 0 Å². The van der Waals surface area contributed by atoms with Gasteiger partial charge < -0.3 is 14.8 Å². The zero-order valence-corrected chi connectivity index (χ0v) is 15.2. The van der Waals surface area contributed by atoms with E-state index < -0.39 is 0 Å². The minimum Gasteiger partial charge on any atom is -0.473 e. The van der Waals surface area contributed by atoms with E-state index in [1.165, 1.54) is 18.6 Å². The Bertz CT molecular complexity index is 608. The van der Waals surface area contributed by atoms with Gasteiger partial charge in [-0.25, -0.2) is 9.82 Å². The second-order valence-corrected chi connectivity index (χ2v) is 6.86. The van der Waals surface area contributed by atoms with Crippen molar-refractivity contribution in [2.45, 2.75) is 38.0 Å². The Balaban J connectivity index is 1.63. The summed E-state index contributed by atoms with van der Waals surface area (Å²) in [5.41, 5.74) is 3.85. The number of benzene rings is 1. The average Bonchev–Trinajstić information content (AvgIpc) is 2.98. The summed E-state index contributed by atoms with van der Waals surface area (Å²) >= 11 is 5.95. The van der Waals surface area contributed by atoms with Crippen molar-refractivity contribution in [1.29, 1.82) is 0 Å². The fraction of sp³-hybridized carbons (Fsp3) is 0.556. The van der Waals surface area contributed by atoms with Gasteiger partial charge in [0.1, 0.15) is 12.4 Å². The molecule has 5 nitrogen and oxygen atoms in total. The third kappa shape index (κ3) is 5.07. The molecule has 1 saturated heterocycles. The molecule has 3 rings (SSSR count). The molecule has 2 N–H and O–H groups in total. The maximum absolute atomic E-state index is 13.9. The van der Waals surface area contributed by atoms with Crippen molar-refractivity contribution in [1.82, 2.24) is 15.8 Å². The van der Waals surface area contributed by atoms with E-state index in [4.69, 9.17) is 21.1 Å². The van der Waals surface area contributed by atoms with E-state index in [0.717, 1.165) is 26.0 Å². The van der Waals surface area contributed by atoms with E-state index in [0.29, 0.717) is 23.0 Å². The van der Waals surface area contributed by atoms with E-state index in [2.05, 4.69) is 10.7 Å². The Morgan fingerprint density at radius 3 is 3.08 bits per heavy atom. The Morgan fingerprint density at radius 1 is 1.44 bits per heavy atom. The van der Waals surface area contributed by atoms with Crippen LogP contribution in [0.25, 0.3) is 0 Å². The molecule has 138 valence electrons. The molecule has 2 aliphatic rings. The molecule has 0 amide bonds. The first-order chi connectivity index (χ1) is 12.2. The number of rotatable bonds is 7. The van der Waals surface area contributed by atoms with Gasteiger partial charge in [-0.3, -0.25) is 5.01 Å². The quantitative estimate of drug-likeness (QED) is 0.774. The van der Waals surface area contributed by atoms with Gasteiger partial charge in [0, 0.05) is 23.7 Å². The number of nitrogens with zero attached hydrogens (tertiary/aromatic N) is 1. The number of hydrogen-bond donors (Lipinski definition) is 2. The molecule has 0 aliphatic carbocycles. The largest absolute Gasteiger partial charge is 0.473 e. The van der Waals surface area contributed by atoms with E-state index in [9.17, 15) is 4.39 Å². The second-order valence-electron chi connectivity index (χ2n) is 6.42. The van der Waals surface area contributed by atoms with Gasteiger partial charge in [-0.1, -0.05) is 11.6 Å². The number of nitrogens with one attached hydrogen (secondary N) is 2. The molecule has 0 saturated carbocycles. The molecule has 1 aromatic rings. The number of hydrogen-bond acceptors (Lipinski definition) is 5. The summed E-state index contributed by atoms with van der Waals surface area (Å²) in [6.45, 7) is 2.44. The maximum Gasteiger partial charge on any atom is 0.201 e. The van der Waals surface area contributed by atoms with Crippen LogP contribution in [0, 0.1) is 5.82 Å². The molecule has 2 heterocycles. The van der Waals surface area contributed by atoms with Gasteiger partial charge in [0.05, 0.1) is 18.7 Å². The number of halogens is 2. The number of likely N-dealkylation sites (N-methyl/N-ethyl adjacent to an activating group) is 1. The molecule has 0 aromatic heterocycles. The van der Waals surface area contributed by atoms with Crippen LogP contribution in [-0.4, -0.2) is 43.9 Å². The predicted octanol–water partition coefficient (Wildman–Crippen LogP) is 2.81. The van der Waals surface area contributed by atoms with Crippen molar-refractivity contribution in [2.75, 3.05) is 26.7 Å². The normalized spacial score (nSPS) is 23.6. The third-order valence-electron chi connectivity index (χ3n) is 4.40. The third-order valence-corrected chi connectivity index (χ3v) is 4.63. The lowest BCUT2D eigenvalue weighted by Gasteiger charge is -2.30. The molecule has 7 heteroatoms. The minimum absolute atomic E-state index is 0.132. The number of ether oxygens (including phenoxy) is 2. The Kier molecular flexibility index (Phi) is 6.53. The number of hydrazine groups is 1. The zero-order valence-electron chi connectivity index (χ0n) is 14.4. The first kappa shape index (κ1) is 18.5. The fourth-order valence-corrected chi connectivity index (χ4v) is 3.31. The predicted molar refractivity (Wildman–Crippen MR) is 95.4 cm³/mol. The SMILES string of the molecule is CNCC1C=C(OCc2cc(Cl)ccc2F)N(CC2CCCCO2)N1. The molecular formula is C18H25ClFN3O2. The van der Waals surface area contributed by atoms with Crippen molar-refractivity contribution in [3.8, 4) is 0 Å². The monoisotopic (exact) mass is 369 g/mol. The molecule has 2 atom stereocenters. The molecule has 0 bridgehead atoms. The maximum atomic E-state index is 13.9. The van der Waals surface area contributed by atoms with E-state index in [1.54, 1.807) is 6.07 Å². The zero-order chi connectivity index (χ0) is 17.6. The Hall–Kier alpha value is -1.34. The summed E-state index contributed by atoms with van der Waals surface area (Å²) < 4.78 is 25.6. The van der Waals surface area contributed by atoms with Crippen LogP contribution in [0.2, 0.25) is 5.02 Å². The van der Waals surface area contributed by atoms with Gasteiger partial charge in [0.25, 0.3) is 0 Å². The minimum atomic E-state index is -0.315. The van der Waals surface area contributed by atoms with Gasteiger partial charge in [-0.2, -0.15) is 0 Å². The second kappa shape index (κ2) is 8.85. The molecule has 0 spiro atoms. The van der Waals surface area contributed by atoms with Crippen LogP contribution in [-0.2, 0) is 16.1 Å². The molecule has 2 unspecified atom stereocenters.